The number of aromatic nitrogens is 1. The van der Waals surface area contributed by atoms with E-state index in [1.54, 1.807) is 36.4 Å². The lowest BCUT2D eigenvalue weighted by atomic mass is 9.89. The van der Waals surface area contributed by atoms with Crippen LogP contribution in [0.2, 0.25) is 5.02 Å². The summed E-state index contributed by atoms with van der Waals surface area (Å²) in [6, 6.07) is 9.72. The van der Waals surface area contributed by atoms with Crippen LogP contribution in [0.4, 0.5) is 5.69 Å². The van der Waals surface area contributed by atoms with E-state index in [2.05, 4.69) is 11.6 Å². The van der Waals surface area contributed by atoms with Crippen molar-refractivity contribution in [3.8, 4) is 0 Å². The predicted octanol–water partition coefficient (Wildman–Crippen LogP) is 2.73. The Hall–Kier alpha value is -2.50. The molecule has 1 aromatic heterocycles. The van der Waals surface area contributed by atoms with Crippen LogP contribution in [0.15, 0.2) is 55.3 Å². The van der Waals surface area contributed by atoms with E-state index in [0.717, 1.165) is 0 Å². The largest absolute Gasteiger partial charge is 0.375 e. The molecule has 0 aliphatic carbocycles. The van der Waals surface area contributed by atoms with Crippen molar-refractivity contribution in [2.24, 2.45) is 0 Å². The number of ketones is 1. The van der Waals surface area contributed by atoms with Gasteiger partial charge in [0.05, 0.1) is 12.1 Å². The molecule has 6 heteroatoms. The summed E-state index contributed by atoms with van der Waals surface area (Å²) in [5, 5.41) is 11.4. The van der Waals surface area contributed by atoms with Crippen LogP contribution in [0.5, 0.6) is 0 Å². The number of carbonyl (C=O) groups excluding carboxylic acids is 2. The van der Waals surface area contributed by atoms with Gasteiger partial charge in [-0.15, -0.1) is 6.58 Å². The molecular weight excluding hydrogens is 328 g/mol. The van der Waals surface area contributed by atoms with Crippen LogP contribution in [-0.2, 0) is 10.4 Å². The molecule has 0 fully saturated rings. The van der Waals surface area contributed by atoms with E-state index in [4.69, 9.17) is 11.6 Å². The lowest BCUT2D eigenvalue weighted by molar-refractivity contribution is -0.135. The number of anilines is 1. The van der Waals surface area contributed by atoms with Crippen molar-refractivity contribution in [3.05, 3.63) is 71.5 Å². The first kappa shape index (κ1) is 16.4. The number of aliphatic hydroxyl groups is 1. The van der Waals surface area contributed by atoms with Crippen LogP contribution >= 0.6 is 11.6 Å². The summed E-state index contributed by atoms with van der Waals surface area (Å²) >= 11 is 6.02. The third-order valence-electron chi connectivity index (χ3n) is 3.97. The number of carbonyl (C=O) groups is 2. The molecule has 1 aromatic carbocycles. The van der Waals surface area contributed by atoms with Crippen LogP contribution in [0, 0.1) is 0 Å². The quantitative estimate of drug-likeness (QED) is 0.670. The van der Waals surface area contributed by atoms with Gasteiger partial charge in [-0.1, -0.05) is 23.7 Å². The number of rotatable bonds is 5. The maximum Gasteiger partial charge on any atom is 0.264 e. The Balaban J connectivity index is 2.03. The zero-order valence-corrected chi connectivity index (χ0v) is 13.5. The lowest BCUT2D eigenvalue weighted by Gasteiger charge is -2.22. The van der Waals surface area contributed by atoms with E-state index < -0.39 is 23.7 Å². The fraction of sp³-hybridized carbons (Fsp3) is 0.167. The first-order chi connectivity index (χ1) is 11.5. The molecule has 1 N–H and O–H groups in total. The van der Waals surface area contributed by atoms with Gasteiger partial charge in [0.25, 0.3) is 5.91 Å². The van der Waals surface area contributed by atoms with Gasteiger partial charge in [-0.2, -0.15) is 0 Å². The van der Waals surface area contributed by atoms with E-state index in [9.17, 15) is 14.7 Å². The Kier molecular flexibility index (Phi) is 4.22. The highest BCUT2D eigenvalue weighted by Crippen LogP contribution is 2.43. The Morgan fingerprint density at radius 3 is 2.83 bits per heavy atom. The van der Waals surface area contributed by atoms with Crippen molar-refractivity contribution >= 4 is 29.0 Å². The van der Waals surface area contributed by atoms with E-state index in [0.29, 0.717) is 16.3 Å². The van der Waals surface area contributed by atoms with Crippen molar-refractivity contribution in [1.29, 1.82) is 0 Å². The van der Waals surface area contributed by atoms with Crippen LogP contribution < -0.4 is 4.90 Å². The number of halogens is 1. The molecule has 122 valence electrons. The number of hydrogen-bond donors (Lipinski definition) is 1. The lowest BCUT2D eigenvalue weighted by Crippen LogP contribution is -2.42. The maximum absolute atomic E-state index is 12.8. The topological polar surface area (TPSA) is 70.5 Å². The highest BCUT2D eigenvalue weighted by molar-refractivity contribution is 6.31. The SMILES string of the molecule is C=CCN1C(=O)C(O)(CC(=O)c2ccccn2)c2cc(Cl)ccc21. The minimum Gasteiger partial charge on any atom is -0.375 e. The Morgan fingerprint density at radius 1 is 1.38 bits per heavy atom. The fourth-order valence-corrected chi connectivity index (χ4v) is 3.03. The van der Waals surface area contributed by atoms with Gasteiger partial charge >= 0.3 is 0 Å². The van der Waals surface area contributed by atoms with E-state index in [-0.39, 0.29) is 12.2 Å². The highest BCUT2D eigenvalue weighted by atomic mass is 35.5. The van der Waals surface area contributed by atoms with Gasteiger partial charge in [0.2, 0.25) is 0 Å². The molecule has 0 saturated carbocycles. The molecule has 1 unspecified atom stereocenters. The van der Waals surface area contributed by atoms with Crippen LogP contribution in [0.25, 0.3) is 0 Å². The zero-order valence-electron chi connectivity index (χ0n) is 12.8. The monoisotopic (exact) mass is 342 g/mol. The third-order valence-corrected chi connectivity index (χ3v) is 4.21. The summed E-state index contributed by atoms with van der Waals surface area (Å²) in [5.74, 6) is -0.984. The minimum atomic E-state index is -1.96. The molecule has 1 amide bonds. The predicted molar refractivity (Wildman–Crippen MR) is 91.1 cm³/mol. The molecule has 1 aliphatic rings. The van der Waals surface area contributed by atoms with Crippen molar-refractivity contribution < 1.29 is 14.7 Å². The first-order valence-electron chi connectivity index (χ1n) is 7.37. The average molecular weight is 343 g/mol. The fourth-order valence-electron chi connectivity index (χ4n) is 2.85. The molecule has 24 heavy (non-hydrogen) atoms. The Bertz CT molecular complexity index is 822. The molecule has 1 atom stereocenters. The number of amides is 1. The summed E-state index contributed by atoms with van der Waals surface area (Å²) in [6.45, 7) is 3.86. The van der Waals surface area contributed by atoms with E-state index in [1.807, 2.05) is 0 Å². The second kappa shape index (κ2) is 6.19. The molecule has 0 radical (unpaired) electrons. The Morgan fingerprint density at radius 2 is 2.17 bits per heavy atom. The van der Waals surface area contributed by atoms with Crippen LogP contribution in [0.3, 0.4) is 0 Å². The van der Waals surface area contributed by atoms with Gasteiger partial charge in [0.15, 0.2) is 11.4 Å². The molecular formula is C18H15ClN2O3. The first-order valence-corrected chi connectivity index (χ1v) is 7.74. The highest BCUT2D eigenvalue weighted by Gasteiger charge is 2.50. The second-order valence-electron chi connectivity index (χ2n) is 5.54. The summed E-state index contributed by atoms with van der Waals surface area (Å²) in [4.78, 5) is 30.6. The van der Waals surface area contributed by atoms with Crippen molar-refractivity contribution in [3.63, 3.8) is 0 Å². The third kappa shape index (κ3) is 2.62. The number of fused-ring (bicyclic) bond motifs is 1. The number of pyridine rings is 1. The number of benzene rings is 1. The van der Waals surface area contributed by atoms with Gasteiger partial charge in [-0.25, -0.2) is 0 Å². The molecule has 5 nitrogen and oxygen atoms in total. The van der Waals surface area contributed by atoms with Gasteiger partial charge < -0.3 is 10.0 Å². The minimum absolute atomic E-state index is 0.199. The van der Waals surface area contributed by atoms with Gasteiger partial charge in [-0.3, -0.25) is 14.6 Å². The molecule has 3 rings (SSSR count). The molecule has 0 bridgehead atoms. The zero-order chi connectivity index (χ0) is 17.3. The van der Waals surface area contributed by atoms with Gasteiger partial charge in [0, 0.05) is 23.3 Å². The van der Waals surface area contributed by atoms with Crippen molar-refractivity contribution in [2.75, 3.05) is 11.4 Å². The average Bonchev–Trinajstić information content (AvgIpc) is 2.78. The molecule has 2 aromatic rings. The van der Waals surface area contributed by atoms with Gasteiger partial charge in [0.1, 0.15) is 5.69 Å². The number of Topliss-reactive ketones (excluding diaryl/α,β-unsaturated/α-hetero) is 1. The molecule has 0 spiro atoms. The van der Waals surface area contributed by atoms with Crippen molar-refractivity contribution in [1.82, 2.24) is 4.98 Å². The molecule has 1 aliphatic heterocycles. The van der Waals surface area contributed by atoms with E-state index in [1.165, 1.54) is 17.2 Å². The standard InChI is InChI=1S/C18H15ClN2O3/c1-2-9-21-15-7-6-12(19)10-13(15)18(24,17(21)23)11-16(22)14-5-3-4-8-20-14/h2-8,10,24H,1,9,11H2. The van der Waals surface area contributed by atoms with Gasteiger partial charge in [-0.05, 0) is 30.3 Å². The smallest absolute Gasteiger partial charge is 0.264 e. The molecule has 2 heterocycles. The second-order valence-corrected chi connectivity index (χ2v) is 5.98. The normalized spacial score (nSPS) is 19.2. The number of nitrogens with zero attached hydrogens (tertiary/aromatic N) is 2. The summed E-state index contributed by atoms with van der Waals surface area (Å²) in [6.07, 6.45) is 2.65. The summed E-state index contributed by atoms with van der Waals surface area (Å²) in [7, 11) is 0. The van der Waals surface area contributed by atoms with Crippen LogP contribution in [0.1, 0.15) is 22.5 Å². The summed E-state index contributed by atoms with van der Waals surface area (Å²) < 4.78 is 0. The van der Waals surface area contributed by atoms with Crippen LogP contribution in [-0.4, -0.2) is 28.3 Å². The number of hydrogen-bond acceptors (Lipinski definition) is 4. The van der Waals surface area contributed by atoms with Crippen molar-refractivity contribution in [2.45, 2.75) is 12.0 Å². The Labute approximate surface area is 144 Å². The summed E-state index contributed by atoms with van der Waals surface area (Å²) in [5.41, 5.74) is -0.908. The maximum atomic E-state index is 12.8. The van der Waals surface area contributed by atoms with E-state index >= 15 is 0 Å². The molecule has 0 saturated heterocycles.